The van der Waals surface area contributed by atoms with Crippen LogP contribution in [-0.4, -0.2) is 23.7 Å². The molecule has 4 nitrogen and oxygen atoms in total. The van der Waals surface area contributed by atoms with Crippen LogP contribution >= 0.6 is 0 Å². The van der Waals surface area contributed by atoms with Crippen molar-refractivity contribution in [2.75, 3.05) is 6.61 Å². The Hall–Kier alpha value is -1.55. The van der Waals surface area contributed by atoms with Gasteiger partial charge in [0.05, 0.1) is 6.61 Å². The number of ether oxygens (including phenoxy) is 1. The Bertz CT molecular complexity index is 417. The average Bonchev–Trinajstić information content (AvgIpc) is 2.74. The molecule has 2 rings (SSSR count). The van der Waals surface area contributed by atoms with Crippen molar-refractivity contribution in [3.63, 3.8) is 0 Å². The number of nitrogens with two attached hydrogens (primary N) is 1. The summed E-state index contributed by atoms with van der Waals surface area (Å²) in [5.74, 6) is -0.305. The number of carboxylic acids is 1. The van der Waals surface area contributed by atoms with Crippen LogP contribution < -0.4 is 10.5 Å². The van der Waals surface area contributed by atoms with Crippen molar-refractivity contribution in [2.45, 2.75) is 25.3 Å². The molecule has 0 amide bonds. The molecule has 1 aromatic rings. The standard InChI is InChI=1S/C12H15NO3/c1-7(11(13)12(14)15)8-3-2-4-10-9(8)5-6-16-10/h2-4,7,11H,5-6,13H2,1H3,(H,14,15)/t7-,11+/m1/s1. The van der Waals surface area contributed by atoms with Gasteiger partial charge in [0, 0.05) is 17.9 Å². The van der Waals surface area contributed by atoms with Gasteiger partial charge >= 0.3 is 5.97 Å². The molecule has 1 aliphatic heterocycles. The SMILES string of the molecule is C[C@H](c1cccc2c1CCO2)[C@H](N)C(=O)O. The number of aliphatic carboxylic acids is 1. The van der Waals surface area contributed by atoms with Gasteiger partial charge in [-0.25, -0.2) is 0 Å². The first-order chi connectivity index (χ1) is 7.61. The van der Waals surface area contributed by atoms with Crippen molar-refractivity contribution < 1.29 is 14.6 Å². The molecule has 3 N–H and O–H groups in total. The van der Waals surface area contributed by atoms with E-state index in [1.807, 2.05) is 25.1 Å². The summed E-state index contributed by atoms with van der Waals surface area (Å²) in [6.45, 7) is 2.51. The largest absolute Gasteiger partial charge is 0.493 e. The normalized spacial score (nSPS) is 17.4. The topological polar surface area (TPSA) is 72.5 Å². The third kappa shape index (κ3) is 1.76. The van der Waals surface area contributed by atoms with Crippen LogP contribution in [0.25, 0.3) is 0 Å². The monoisotopic (exact) mass is 221 g/mol. The Morgan fingerprint density at radius 3 is 3.00 bits per heavy atom. The van der Waals surface area contributed by atoms with Crippen molar-refractivity contribution in [1.29, 1.82) is 0 Å². The summed E-state index contributed by atoms with van der Waals surface area (Å²) < 4.78 is 5.44. The number of benzene rings is 1. The minimum atomic E-state index is -0.969. The van der Waals surface area contributed by atoms with E-state index in [9.17, 15) is 4.79 Å². The number of carbonyl (C=O) groups is 1. The summed E-state index contributed by atoms with van der Waals surface area (Å²) in [4.78, 5) is 10.9. The molecule has 2 atom stereocenters. The van der Waals surface area contributed by atoms with E-state index < -0.39 is 12.0 Å². The van der Waals surface area contributed by atoms with Gasteiger partial charge in [0.15, 0.2) is 0 Å². The van der Waals surface area contributed by atoms with Crippen molar-refractivity contribution in [3.05, 3.63) is 29.3 Å². The molecule has 0 unspecified atom stereocenters. The lowest BCUT2D eigenvalue weighted by molar-refractivity contribution is -0.139. The molecule has 0 bridgehead atoms. The van der Waals surface area contributed by atoms with Crippen molar-refractivity contribution in [3.8, 4) is 5.75 Å². The van der Waals surface area contributed by atoms with Crippen molar-refractivity contribution in [1.82, 2.24) is 0 Å². The second-order valence-electron chi connectivity index (χ2n) is 4.08. The Morgan fingerprint density at radius 2 is 2.31 bits per heavy atom. The first-order valence-corrected chi connectivity index (χ1v) is 5.34. The summed E-state index contributed by atoms with van der Waals surface area (Å²) in [6, 6.07) is 4.85. The Morgan fingerprint density at radius 1 is 1.56 bits per heavy atom. The zero-order valence-corrected chi connectivity index (χ0v) is 9.14. The fourth-order valence-electron chi connectivity index (χ4n) is 2.08. The van der Waals surface area contributed by atoms with E-state index in [1.54, 1.807) is 0 Å². The van der Waals surface area contributed by atoms with Gasteiger partial charge < -0.3 is 15.6 Å². The zero-order valence-electron chi connectivity index (χ0n) is 9.14. The van der Waals surface area contributed by atoms with Crippen LogP contribution in [0.4, 0.5) is 0 Å². The smallest absolute Gasteiger partial charge is 0.321 e. The highest BCUT2D eigenvalue weighted by molar-refractivity contribution is 5.74. The molecule has 1 aliphatic rings. The van der Waals surface area contributed by atoms with Gasteiger partial charge in [-0.3, -0.25) is 4.79 Å². The lowest BCUT2D eigenvalue weighted by Gasteiger charge is -2.18. The highest BCUT2D eigenvalue weighted by Crippen LogP contribution is 2.33. The van der Waals surface area contributed by atoms with Gasteiger partial charge in [-0.1, -0.05) is 19.1 Å². The van der Waals surface area contributed by atoms with Crippen LogP contribution in [0.3, 0.4) is 0 Å². The van der Waals surface area contributed by atoms with Gasteiger partial charge in [-0.15, -0.1) is 0 Å². The maximum Gasteiger partial charge on any atom is 0.321 e. The fraction of sp³-hybridized carbons (Fsp3) is 0.417. The molecular formula is C12H15NO3. The van der Waals surface area contributed by atoms with Crippen molar-refractivity contribution >= 4 is 5.97 Å². The van der Waals surface area contributed by atoms with E-state index >= 15 is 0 Å². The summed E-state index contributed by atoms with van der Waals surface area (Å²) in [5.41, 5.74) is 7.74. The third-order valence-corrected chi connectivity index (χ3v) is 3.09. The number of hydrogen-bond donors (Lipinski definition) is 2. The van der Waals surface area contributed by atoms with Crippen LogP contribution in [0.15, 0.2) is 18.2 Å². The molecular weight excluding hydrogens is 206 g/mol. The quantitative estimate of drug-likeness (QED) is 0.802. The Labute approximate surface area is 94.0 Å². The molecule has 0 spiro atoms. The van der Waals surface area contributed by atoms with E-state index in [1.165, 1.54) is 0 Å². The summed E-state index contributed by atoms with van der Waals surface area (Å²) >= 11 is 0. The third-order valence-electron chi connectivity index (χ3n) is 3.09. The van der Waals surface area contributed by atoms with Gasteiger partial charge in [-0.2, -0.15) is 0 Å². The predicted octanol–water partition coefficient (Wildman–Crippen LogP) is 1.14. The van der Waals surface area contributed by atoms with Crippen LogP contribution in [0.1, 0.15) is 24.0 Å². The van der Waals surface area contributed by atoms with Crippen LogP contribution in [0, 0.1) is 0 Å². The second-order valence-corrected chi connectivity index (χ2v) is 4.08. The van der Waals surface area contributed by atoms with Crippen LogP contribution in [0.5, 0.6) is 5.75 Å². The first kappa shape index (κ1) is 11.0. The van der Waals surface area contributed by atoms with Crippen molar-refractivity contribution in [2.24, 2.45) is 5.73 Å². The number of fused-ring (bicyclic) bond motifs is 1. The van der Waals surface area contributed by atoms with E-state index in [4.69, 9.17) is 15.6 Å². The summed E-state index contributed by atoms with van der Waals surface area (Å²) in [6.07, 6.45) is 0.836. The molecule has 0 aliphatic carbocycles. The number of hydrogen-bond acceptors (Lipinski definition) is 3. The maximum absolute atomic E-state index is 10.9. The summed E-state index contributed by atoms with van der Waals surface area (Å²) in [7, 11) is 0. The van der Waals surface area contributed by atoms with Gasteiger partial charge in [0.1, 0.15) is 11.8 Å². The molecule has 86 valence electrons. The first-order valence-electron chi connectivity index (χ1n) is 5.34. The van der Waals surface area contributed by atoms with Gasteiger partial charge in [0.2, 0.25) is 0 Å². The van der Waals surface area contributed by atoms with E-state index in [0.29, 0.717) is 6.61 Å². The maximum atomic E-state index is 10.9. The van der Waals surface area contributed by atoms with Crippen LogP contribution in [-0.2, 0) is 11.2 Å². The molecule has 0 saturated heterocycles. The summed E-state index contributed by atoms with van der Waals surface area (Å²) in [5, 5.41) is 8.91. The van der Waals surface area contributed by atoms with Gasteiger partial charge in [0.25, 0.3) is 0 Å². The fourth-order valence-corrected chi connectivity index (χ4v) is 2.08. The Kier molecular flexibility index (Phi) is 2.83. The molecule has 0 radical (unpaired) electrons. The lowest BCUT2D eigenvalue weighted by Crippen LogP contribution is -2.35. The van der Waals surface area contributed by atoms with Gasteiger partial charge in [-0.05, 0) is 11.6 Å². The molecule has 16 heavy (non-hydrogen) atoms. The highest BCUT2D eigenvalue weighted by Gasteiger charge is 2.26. The zero-order chi connectivity index (χ0) is 11.7. The van der Waals surface area contributed by atoms with E-state index in [2.05, 4.69) is 0 Å². The molecule has 4 heteroatoms. The van der Waals surface area contributed by atoms with E-state index in [0.717, 1.165) is 23.3 Å². The van der Waals surface area contributed by atoms with Crippen LogP contribution in [0.2, 0.25) is 0 Å². The molecule has 0 fully saturated rings. The highest BCUT2D eigenvalue weighted by atomic mass is 16.5. The second kappa shape index (κ2) is 4.14. The molecule has 1 aromatic carbocycles. The number of carboxylic acid groups (broad SMARTS) is 1. The average molecular weight is 221 g/mol. The Balaban J connectivity index is 2.34. The minimum Gasteiger partial charge on any atom is -0.493 e. The lowest BCUT2D eigenvalue weighted by atomic mass is 9.89. The minimum absolute atomic E-state index is 0.200. The predicted molar refractivity (Wildman–Crippen MR) is 59.7 cm³/mol. The molecule has 1 heterocycles. The van der Waals surface area contributed by atoms with E-state index in [-0.39, 0.29) is 5.92 Å². The number of rotatable bonds is 3. The molecule has 0 aromatic heterocycles. The molecule has 0 saturated carbocycles.